The number of amides is 2. The molecule has 116 heavy (non-hydrogen) atoms. The Hall–Kier alpha value is -14.0. The molecule has 0 saturated heterocycles. The van der Waals surface area contributed by atoms with E-state index in [2.05, 4.69) is 300 Å². The average Bonchev–Trinajstić information content (AvgIpc) is 1.54. The zero-order valence-corrected chi connectivity index (χ0v) is 65.3. The first-order chi connectivity index (χ1) is 57.2. The first-order valence-corrected chi connectivity index (χ1v) is 41.7. The monoisotopic (exact) mass is 1530 g/mol. The van der Waals surface area contributed by atoms with Crippen molar-refractivity contribution in [3.05, 3.63) is 297 Å². The Labute approximate surface area is 676 Å². The van der Waals surface area contributed by atoms with Crippen molar-refractivity contribution in [1.29, 1.82) is 0 Å². The minimum atomic E-state index is -0.164. The lowest BCUT2D eigenvalue weighted by Gasteiger charge is -2.24. The second kappa shape index (κ2) is 28.0. The van der Waals surface area contributed by atoms with Gasteiger partial charge in [-0.1, -0.05) is 270 Å². The zero-order chi connectivity index (χ0) is 77.2. The molecule has 8 aromatic heterocycles. The van der Waals surface area contributed by atoms with Gasteiger partial charge >= 0.3 is 0 Å². The van der Waals surface area contributed by atoms with Gasteiger partial charge in [0.2, 0.25) is 0 Å². The van der Waals surface area contributed by atoms with Gasteiger partial charge in [-0.25, -0.2) is 19.9 Å². The summed E-state index contributed by atoms with van der Waals surface area (Å²) in [5.74, 6) is 14.6. The molecule has 0 fully saturated rings. The first kappa shape index (κ1) is 68.8. The normalized spacial score (nSPS) is 13.2. The molecule has 0 radical (unpaired) electrons. The summed E-state index contributed by atoms with van der Waals surface area (Å²) >= 11 is 3.02. The fraction of sp³-hybridized carbons (Fsp3) is 0.118. The summed E-state index contributed by atoms with van der Waals surface area (Å²) in [6.45, 7) is 5.31. The van der Waals surface area contributed by atoms with Crippen LogP contribution in [0.1, 0.15) is 95.8 Å². The molecule has 0 atom stereocenters. The molecule has 6 aliphatic heterocycles. The standard InChI is InChI=1S/C102H72N10O2S2/c1-3-5-7-25-51-111-99(91-49-45-59(115-91)43-47-77-95-73-39-21-17-35-69(73)87(107-95)55-83-65-31-13-9-27-61(65)79(103-83)53-80-62-28-10-14-32-66(62)84(104-80)56-88-70-36-18-22-40-74(70)96(77)108-88)93-94(101(111)113)100(112(102(93)114)52-26-8-6-4-2)92-50-46-60(116-92)44-48-78-97-75-41-23-19-37-71(75)89(109-97)57-85-67-33-15-11-29-63(67)81(105-85)54-82-64-30-12-16-34-68(64)86(106-82)58-90-72-38-20-24-42-76(72)98(78)110-90/h9-24,27-42,45-46,49-50,53-58,103,105,108,110H,3-8,25-26,51-52H2,1-2H3. The lowest BCUT2D eigenvalue weighted by molar-refractivity contribution is -0.124. The van der Waals surface area contributed by atoms with Crippen LogP contribution < -0.4 is 0 Å². The van der Waals surface area contributed by atoms with Crippen molar-refractivity contribution >= 4 is 133 Å². The summed E-state index contributed by atoms with van der Waals surface area (Å²) in [4.78, 5) is 76.5. The number of benzene rings is 8. The van der Waals surface area contributed by atoms with Crippen LogP contribution in [0, 0.1) is 23.7 Å². The molecule has 6 aliphatic rings. The molecule has 14 heteroatoms. The Kier molecular flexibility index (Phi) is 16.6. The Balaban J connectivity index is 0.711. The number of thiophene rings is 2. The SMILES string of the molecule is CCCCCCN1C(=O)C2=C(c3ccc(C#Cc4c5nc(cc6[nH]c(cc7nc(cc8[nH]c4c4ccccc84)-c4ccccc4-7)c4ccccc64)-c4ccccc4-5)s3)N(CCCCCC)C(=O)C2=C1c1ccc(C#Cc2c3nc(cc4[nH]c(cc5nc(cc6[nH]c2c2ccccc62)-c2ccccc2-5)c2ccccc42)-c2ccccc2-3)s1. The maximum absolute atomic E-state index is 16.0. The van der Waals surface area contributed by atoms with Crippen molar-refractivity contribution in [2.45, 2.75) is 65.2 Å². The van der Waals surface area contributed by atoms with Gasteiger partial charge in [0, 0.05) is 134 Å². The van der Waals surface area contributed by atoms with Gasteiger partial charge in [-0.2, -0.15) is 0 Å². The van der Waals surface area contributed by atoms with Crippen LogP contribution in [0.4, 0.5) is 0 Å². The van der Waals surface area contributed by atoms with E-state index in [1.54, 1.807) is 0 Å². The van der Waals surface area contributed by atoms with Gasteiger partial charge in [-0.15, -0.1) is 22.7 Å². The van der Waals surface area contributed by atoms with Crippen molar-refractivity contribution in [2.75, 3.05) is 13.1 Å². The smallest absolute Gasteiger partial charge is 0.261 e. The molecule has 554 valence electrons. The van der Waals surface area contributed by atoms with Gasteiger partial charge in [0.25, 0.3) is 11.8 Å². The van der Waals surface area contributed by atoms with Crippen LogP contribution in [0.3, 0.4) is 0 Å². The molecule has 12 nitrogen and oxygen atoms in total. The van der Waals surface area contributed by atoms with E-state index in [0.29, 0.717) is 35.6 Å². The van der Waals surface area contributed by atoms with Gasteiger partial charge in [0.1, 0.15) is 0 Å². The van der Waals surface area contributed by atoms with Gasteiger partial charge in [0.05, 0.1) is 110 Å². The van der Waals surface area contributed by atoms with E-state index in [4.69, 9.17) is 19.9 Å². The van der Waals surface area contributed by atoms with E-state index in [1.165, 1.54) is 22.7 Å². The molecule has 16 aromatic rings. The van der Waals surface area contributed by atoms with Crippen molar-refractivity contribution in [2.24, 2.45) is 0 Å². The number of nitrogens with one attached hydrogen (secondary N) is 4. The van der Waals surface area contributed by atoms with Crippen LogP contribution in [-0.4, -0.2) is 74.6 Å². The van der Waals surface area contributed by atoms with E-state index in [1.807, 2.05) is 21.9 Å². The minimum absolute atomic E-state index is 0.164. The third kappa shape index (κ3) is 11.3. The molecule has 16 bridgehead atoms. The predicted molar refractivity (Wildman–Crippen MR) is 476 cm³/mol. The second-order valence-corrected chi connectivity index (χ2v) is 32.6. The number of carbonyl (C=O) groups is 2. The second-order valence-electron chi connectivity index (χ2n) is 30.5. The lowest BCUT2D eigenvalue weighted by atomic mass is 10.0. The van der Waals surface area contributed by atoms with Crippen LogP contribution in [-0.2, 0) is 9.59 Å². The van der Waals surface area contributed by atoms with E-state index in [0.717, 1.165) is 259 Å². The fourth-order valence-electron chi connectivity index (χ4n) is 18.0. The van der Waals surface area contributed by atoms with Crippen LogP contribution >= 0.6 is 22.7 Å². The van der Waals surface area contributed by atoms with Gasteiger partial charge < -0.3 is 29.7 Å². The summed E-state index contributed by atoms with van der Waals surface area (Å²) in [5.41, 5.74) is 25.7. The first-order valence-electron chi connectivity index (χ1n) is 40.1. The summed E-state index contributed by atoms with van der Waals surface area (Å²) in [6.07, 6.45) is 7.57. The number of fused-ring (bicyclic) bond motifs is 41. The molecule has 8 aromatic carbocycles. The zero-order valence-electron chi connectivity index (χ0n) is 63.6. The van der Waals surface area contributed by atoms with Crippen molar-refractivity contribution in [3.8, 4) is 114 Å². The predicted octanol–water partition coefficient (Wildman–Crippen LogP) is 24.8. The number of carbonyl (C=O) groups excluding carboxylic acids is 2. The summed E-state index contributed by atoms with van der Waals surface area (Å²) in [7, 11) is 0. The molecule has 4 N–H and O–H groups in total. The summed E-state index contributed by atoms with van der Waals surface area (Å²) in [5, 5.41) is 8.39. The topological polar surface area (TPSA) is 155 Å². The molecule has 0 saturated carbocycles. The Morgan fingerprint density at radius 2 is 0.586 bits per heavy atom. The number of unbranched alkanes of at least 4 members (excludes halogenated alkanes) is 6. The maximum atomic E-state index is 16.0. The van der Waals surface area contributed by atoms with Crippen LogP contribution in [0.5, 0.6) is 0 Å². The number of aromatic nitrogens is 8. The Morgan fingerprint density at radius 1 is 0.302 bits per heavy atom. The number of aromatic amines is 4. The minimum Gasteiger partial charge on any atom is -0.354 e. The molecule has 2 amide bonds. The van der Waals surface area contributed by atoms with Crippen molar-refractivity contribution in [1.82, 2.24) is 49.7 Å². The molecule has 0 unspecified atom stereocenters. The van der Waals surface area contributed by atoms with E-state index >= 15 is 9.59 Å². The molecule has 0 spiro atoms. The molecule has 14 heterocycles. The summed E-state index contributed by atoms with van der Waals surface area (Å²) < 4.78 is 0. The molecule has 22 rings (SSSR count). The van der Waals surface area contributed by atoms with Gasteiger partial charge in [-0.3, -0.25) is 9.59 Å². The van der Waals surface area contributed by atoms with E-state index < -0.39 is 0 Å². The number of nitrogens with zero attached hydrogens (tertiary/aromatic N) is 6. The number of hydrogen-bond acceptors (Lipinski definition) is 8. The fourth-order valence-corrected chi connectivity index (χ4v) is 19.8. The molecular weight excluding hydrogens is 1460 g/mol. The third-order valence-electron chi connectivity index (χ3n) is 23.5. The maximum Gasteiger partial charge on any atom is 0.261 e. The van der Waals surface area contributed by atoms with Gasteiger partial charge in [-0.05, 0) is 73.5 Å². The average molecular weight is 1530 g/mol. The highest BCUT2D eigenvalue weighted by Gasteiger charge is 2.49. The molecule has 0 aliphatic carbocycles. The highest BCUT2D eigenvalue weighted by Crippen LogP contribution is 2.51. The number of H-pyrrole nitrogens is 4. The van der Waals surface area contributed by atoms with Crippen LogP contribution in [0.2, 0.25) is 0 Å². The third-order valence-corrected chi connectivity index (χ3v) is 25.5. The Morgan fingerprint density at radius 3 is 0.922 bits per heavy atom. The van der Waals surface area contributed by atoms with Crippen LogP contribution in [0.15, 0.2) is 266 Å². The lowest BCUT2D eigenvalue weighted by Crippen LogP contribution is -2.30. The van der Waals surface area contributed by atoms with Crippen molar-refractivity contribution < 1.29 is 9.59 Å². The molecular formula is C102H72N10O2S2. The van der Waals surface area contributed by atoms with E-state index in [9.17, 15) is 0 Å². The number of hydrogen-bond donors (Lipinski definition) is 4. The summed E-state index contributed by atoms with van der Waals surface area (Å²) in [6, 6.07) is 88.9. The largest absolute Gasteiger partial charge is 0.354 e. The van der Waals surface area contributed by atoms with Crippen molar-refractivity contribution in [3.63, 3.8) is 0 Å². The Bertz CT molecular complexity index is 7110. The number of rotatable bonds is 12. The van der Waals surface area contributed by atoms with Gasteiger partial charge in [0.15, 0.2) is 0 Å². The van der Waals surface area contributed by atoms with E-state index in [-0.39, 0.29) is 11.8 Å². The highest BCUT2D eigenvalue weighted by molar-refractivity contribution is 7.14. The van der Waals surface area contributed by atoms with Crippen LogP contribution in [0.25, 0.3) is 189 Å². The quantitative estimate of drug-likeness (QED) is 0.0705. The highest BCUT2D eigenvalue weighted by atomic mass is 32.1.